The van der Waals surface area contributed by atoms with Crippen molar-refractivity contribution in [3.63, 3.8) is 0 Å². The number of nitrogens with one attached hydrogen (secondary N) is 1. The van der Waals surface area contributed by atoms with E-state index in [9.17, 15) is 4.79 Å². The highest BCUT2D eigenvalue weighted by atomic mass is 32.1. The highest BCUT2D eigenvalue weighted by Crippen LogP contribution is 2.24. The number of thiophene rings is 1. The van der Waals surface area contributed by atoms with E-state index < -0.39 is 0 Å². The van der Waals surface area contributed by atoms with Crippen LogP contribution >= 0.6 is 11.3 Å². The molecule has 1 aliphatic rings. The van der Waals surface area contributed by atoms with Gasteiger partial charge in [0, 0.05) is 24.3 Å². The molecule has 1 amide bonds. The number of hydrogen-bond acceptors (Lipinski definition) is 4. The number of carbonyl (C=O) groups is 1. The highest BCUT2D eigenvalue weighted by molar-refractivity contribution is 7.07. The molecule has 0 radical (unpaired) electrons. The number of likely N-dealkylation sites (tertiary alicyclic amines) is 1. The lowest BCUT2D eigenvalue weighted by molar-refractivity contribution is -0.121. The number of furan rings is 1. The molecule has 1 aromatic carbocycles. The van der Waals surface area contributed by atoms with Crippen molar-refractivity contribution >= 4 is 22.9 Å². The van der Waals surface area contributed by atoms with Gasteiger partial charge in [-0.25, -0.2) is 0 Å². The standard InChI is InChI=1S/C21H22N2O2S/c24-21(18-3-1-10-23(14-18)13-16-9-12-26-15-16)22-19-7-5-17(6-8-19)20-4-2-11-25-20/h2,4-9,11-12,15,18H,1,3,10,13-14H2,(H,22,24). The molecule has 4 nitrogen and oxygen atoms in total. The van der Waals surface area contributed by atoms with Crippen LogP contribution in [-0.2, 0) is 11.3 Å². The van der Waals surface area contributed by atoms with E-state index in [2.05, 4.69) is 27.0 Å². The summed E-state index contributed by atoms with van der Waals surface area (Å²) in [5.41, 5.74) is 3.18. The predicted molar refractivity (Wildman–Crippen MR) is 105 cm³/mol. The van der Waals surface area contributed by atoms with Crippen LogP contribution in [0, 0.1) is 5.92 Å². The van der Waals surface area contributed by atoms with E-state index in [1.807, 2.05) is 36.4 Å². The summed E-state index contributed by atoms with van der Waals surface area (Å²) in [5.74, 6) is 0.997. The molecule has 1 saturated heterocycles. The number of carbonyl (C=O) groups excluding carboxylic acids is 1. The first-order chi connectivity index (χ1) is 12.8. The molecule has 0 aliphatic carbocycles. The van der Waals surface area contributed by atoms with E-state index in [1.54, 1.807) is 17.6 Å². The van der Waals surface area contributed by atoms with Crippen molar-refractivity contribution < 1.29 is 9.21 Å². The molecule has 1 fully saturated rings. The first kappa shape index (κ1) is 17.1. The zero-order valence-corrected chi connectivity index (χ0v) is 15.4. The molecule has 1 aliphatic heterocycles. The Kier molecular flexibility index (Phi) is 5.18. The Labute approximate surface area is 157 Å². The van der Waals surface area contributed by atoms with E-state index in [1.165, 1.54) is 5.56 Å². The fraction of sp³-hybridized carbons (Fsp3) is 0.286. The van der Waals surface area contributed by atoms with Crippen molar-refractivity contribution in [1.82, 2.24) is 4.90 Å². The van der Waals surface area contributed by atoms with Crippen LogP contribution in [0.15, 0.2) is 63.9 Å². The fourth-order valence-corrected chi connectivity index (χ4v) is 4.12. The number of amides is 1. The monoisotopic (exact) mass is 366 g/mol. The summed E-state index contributed by atoms with van der Waals surface area (Å²) in [5, 5.41) is 7.36. The average Bonchev–Trinajstić information content (AvgIpc) is 3.36. The Balaban J connectivity index is 1.35. The van der Waals surface area contributed by atoms with Gasteiger partial charge in [-0.2, -0.15) is 11.3 Å². The summed E-state index contributed by atoms with van der Waals surface area (Å²) in [6.45, 7) is 2.83. The van der Waals surface area contributed by atoms with Crippen LogP contribution in [-0.4, -0.2) is 23.9 Å². The van der Waals surface area contributed by atoms with Gasteiger partial charge < -0.3 is 9.73 Å². The Morgan fingerprint density at radius 1 is 1.23 bits per heavy atom. The SMILES string of the molecule is O=C(Nc1ccc(-c2ccco2)cc1)C1CCCN(Cc2ccsc2)C1. The summed E-state index contributed by atoms with van der Waals surface area (Å²) in [6, 6.07) is 13.8. The molecule has 1 N–H and O–H groups in total. The molecular formula is C21H22N2O2S. The summed E-state index contributed by atoms with van der Waals surface area (Å²) < 4.78 is 5.40. The third-order valence-electron chi connectivity index (χ3n) is 4.82. The van der Waals surface area contributed by atoms with Gasteiger partial charge in [0.15, 0.2) is 0 Å². The van der Waals surface area contributed by atoms with Gasteiger partial charge in [-0.05, 0) is 78.2 Å². The molecule has 0 saturated carbocycles. The zero-order chi connectivity index (χ0) is 17.8. The minimum atomic E-state index is 0.0483. The lowest BCUT2D eigenvalue weighted by Gasteiger charge is -2.31. The molecule has 5 heteroatoms. The van der Waals surface area contributed by atoms with Gasteiger partial charge in [0.05, 0.1) is 12.2 Å². The summed E-state index contributed by atoms with van der Waals surface area (Å²) >= 11 is 1.72. The van der Waals surface area contributed by atoms with E-state index in [-0.39, 0.29) is 11.8 Å². The Bertz CT molecular complexity index is 826. The third kappa shape index (κ3) is 4.06. The van der Waals surface area contributed by atoms with Crippen LogP contribution in [0.2, 0.25) is 0 Å². The first-order valence-corrected chi connectivity index (χ1v) is 9.90. The second kappa shape index (κ2) is 7.89. The van der Waals surface area contributed by atoms with Crippen molar-refractivity contribution in [3.8, 4) is 11.3 Å². The molecule has 134 valence electrons. The van der Waals surface area contributed by atoms with Crippen LogP contribution in [0.3, 0.4) is 0 Å². The fourth-order valence-electron chi connectivity index (χ4n) is 3.46. The highest BCUT2D eigenvalue weighted by Gasteiger charge is 2.25. The Morgan fingerprint density at radius 2 is 2.12 bits per heavy atom. The van der Waals surface area contributed by atoms with E-state index in [4.69, 9.17) is 4.42 Å². The van der Waals surface area contributed by atoms with Crippen molar-refractivity contribution in [2.24, 2.45) is 5.92 Å². The number of hydrogen-bond donors (Lipinski definition) is 1. The number of rotatable bonds is 5. The summed E-state index contributed by atoms with van der Waals surface area (Å²) in [6.07, 6.45) is 3.69. The van der Waals surface area contributed by atoms with Crippen LogP contribution in [0.1, 0.15) is 18.4 Å². The minimum absolute atomic E-state index is 0.0483. The second-order valence-electron chi connectivity index (χ2n) is 6.75. The quantitative estimate of drug-likeness (QED) is 0.701. The van der Waals surface area contributed by atoms with Gasteiger partial charge in [0.1, 0.15) is 5.76 Å². The molecule has 4 rings (SSSR count). The topological polar surface area (TPSA) is 45.5 Å². The first-order valence-electron chi connectivity index (χ1n) is 8.96. The van der Waals surface area contributed by atoms with Crippen molar-refractivity contribution in [2.75, 3.05) is 18.4 Å². The van der Waals surface area contributed by atoms with E-state index in [0.717, 1.165) is 49.5 Å². The molecule has 0 bridgehead atoms. The third-order valence-corrected chi connectivity index (χ3v) is 5.55. The van der Waals surface area contributed by atoms with E-state index in [0.29, 0.717) is 0 Å². The normalized spacial score (nSPS) is 17.9. The number of anilines is 1. The molecule has 26 heavy (non-hydrogen) atoms. The number of nitrogens with zero attached hydrogens (tertiary/aromatic N) is 1. The minimum Gasteiger partial charge on any atom is -0.464 e. The molecule has 1 unspecified atom stereocenters. The lowest BCUT2D eigenvalue weighted by Crippen LogP contribution is -2.40. The van der Waals surface area contributed by atoms with Gasteiger partial charge in [0.25, 0.3) is 0 Å². The second-order valence-corrected chi connectivity index (χ2v) is 7.53. The average molecular weight is 366 g/mol. The molecule has 3 heterocycles. The molecule has 1 atom stereocenters. The molecule has 0 spiro atoms. The van der Waals surface area contributed by atoms with Crippen LogP contribution in [0.4, 0.5) is 5.69 Å². The smallest absolute Gasteiger partial charge is 0.228 e. The van der Waals surface area contributed by atoms with Gasteiger partial charge in [0.2, 0.25) is 5.91 Å². The maximum Gasteiger partial charge on any atom is 0.228 e. The van der Waals surface area contributed by atoms with Gasteiger partial charge >= 0.3 is 0 Å². The Hall–Kier alpha value is -2.37. The molecular weight excluding hydrogens is 344 g/mol. The van der Waals surface area contributed by atoms with Crippen molar-refractivity contribution in [1.29, 1.82) is 0 Å². The van der Waals surface area contributed by atoms with Crippen LogP contribution < -0.4 is 5.32 Å². The van der Waals surface area contributed by atoms with Crippen LogP contribution in [0.5, 0.6) is 0 Å². The zero-order valence-electron chi connectivity index (χ0n) is 14.6. The number of benzene rings is 1. The number of piperidine rings is 1. The van der Waals surface area contributed by atoms with Crippen molar-refractivity contribution in [3.05, 3.63) is 65.1 Å². The van der Waals surface area contributed by atoms with Crippen LogP contribution in [0.25, 0.3) is 11.3 Å². The summed E-state index contributed by atoms with van der Waals surface area (Å²) in [4.78, 5) is 15.1. The summed E-state index contributed by atoms with van der Waals surface area (Å²) in [7, 11) is 0. The van der Waals surface area contributed by atoms with Gasteiger partial charge in [-0.1, -0.05) is 0 Å². The van der Waals surface area contributed by atoms with E-state index >= 15 is 0 Å². The molecule has 2 aromatic heterocycles. The Morgan fingerprint density at radius 3 is 2.85 bits per heavy atom. The maximum absolute atomic E-state index is 12.7. The van der Waals surface area contributed by atoms with Gasteiger partial charge in [-0.3, -0.25) is 9.69 Å². The lowest BCUT2D eigenvalue weighted by atomic mass is 9.96. The largest absolute Gasteiger partial charge is 0.464 e. The predicted octanol–water partition coefficient (Wildman–Crippen LogP) is 4.86. The molecule has 3 aromatic rings. The maximum atomic E-state index is 12.7. The van der Waals surface area contributed by atoms with Gasteiger partial charge in [-0.15, -0.1) is 0 Å². The van der Waals surface area contributed by atoms with Crippen molar-refractivity contribution in [2.45, 2.75) is 19.4 Å².